The summed E-state index contributed by atoms with van der Waals surface area (Å²) >= 11 is 0. The molecule has 0 bridgehead atoms. The highest BCUT2D eigenvalue weighted by atomic mass is 19.1. The van der Waals surface area contributed by atoms with Gasteiger partial charge in [-0.25, -0.2) is 4.39 Å². The third-order valence-corrected chi connectivity index (χ3v) is 3.40. The van der Waals surface area contributed by atoms with Gasteiger partial charge in [0.15, 0.2) is 6.10 Å². The van der Waals surface area contributed by atoms with Crippen molar-refractivity contribution in [2.75, 3.05) is 0 Å². The van der Waals surface area contributed by atoms with Crippen molar-refractivity contribution in [1.29, 1.82) is 0 Å². The van der Waals surface area contributed by atoms with E-state index in [1.54, 1.807) is 19.1 Å². The summed E-state index contributed by atoms with van der Waals surface area (Å²) in [7, 11) is 0. The Hall–Kier alpha value is -2.36. The second-order valence-corrected chi connectivity index (χ2v) is 5.37. The third kappa shape index (κ3) is 4.32. The summed E-state index contributed by atoms with van der Waals surface area (Å²) in [6, 6.07) is 11.9. The first-order valence-corrected chi connectivity index (χ1v) is 7.22. The number of rotatable bonds is 5. The molecule has 0 aliphatic carbocycles. The molecule has 0 saturated heterocycles. The largest absolute Gasteiger partial charge is 0.481 e. The summed E-state index contributed by atoms with van der Waals surface area (Å²) in [5.41, 5.74) is 2.91. The van der Waals surface area contributed by atoms with E-state index < -0.39 is 6.10 Å². The number of ether oxygens (including phenoxy) is 1. The van der Waals surface area contributed by atoms with Crippen LogP contribution in [0.2, 0.25) is 0 Å². The molecule has 0 aromatic heterocycles. The van der Waals surface area contributed by atoms with Gasteiger partial charge >= 0.3 is 0 Å². The first kappa shape index (κ1) is 16.0. The van der Waals surface area contributed by atoms with Crippen molar-refractivity contribution in [2.24, 2.45) is 0 Å². The molecule has 0 heterocycles. The molecule has 0 aliphatic heterocycles. The van der Waals surface area contributed by atoms with Crippen LogP contribution >= 0.6 is 0 Å². The molecule has 0 aliphatic rings. The van der Waals surface area contributed by atoms with E-state index in [1.807, 2.05) is 32.0 Å². The molecule has 116 valence electrons. The lowest BCUT2D eigenvalue weighted by Crippen LogP contribution is -2.36. The molecular weight excluding hydrogens is 281 g/mol. The number of benzene rings is 2. The SMILES string of the molecule is Cc1ccc(C)c(O[C@@H](C)C(=O)NCc2ccc(F)cc2)c1. The fourth-order valence-corrected chi connectivity index (χ4v) is 2.01. The van der Waals surface area contributed by atoms with Gasteiger partial charge in [-0.1, -0.05) is 24.3 Å². The minimum absolute atomic E-state index is 0.203. The van der Waals surface area contributed by atoms with Gasteiger partial charge in [0.1, 0.15) is 11.6 Å². The second-order valence-electron chi connectivity index (χ2n) is 5.37. The normalized spacial score (nSPS) is 11.8. The predicted octanol–water partition coefficient (Wildman–Crippen LogP) is 3.53. The highest BCUT2D eigenvalue weighted by molar-refractivity contribution is 5.80. The van der Waals surface area contributed by atoms with Crippen LogP contribution in [0.5, 0.6) is 5.75 Å². The van der Waals surface area contributed by atoms with Crippen molar-refractivity contribution < 1.29 is 13.9 Å². The smallest absolute Gasteiger partial charge is 0.261 e. The maximum absolute atomic E-state index is 12.8. The van der Waals surface area contributed by atoms with Crippen LogP contribution in [0.25, 0.3) is 0 Å². The summed E-state index contributed by atoms with van der Waals surface area (Å²) in [4.78, 5) is 12.1. The molecule has 4 heteroatoms. The Kier molecular flexibility index (Phi) is 5.15. The number of nitrogens with one attached hydrogen (secondary N) is 1. The molecule has 0 spiro atoms. The Morgan fingerprint density at radius 3 is 2.55 bits per heavy atom. The lowest BCUT2D eigenvalue weighted by Gasteiger charge is -2.16. The zero-order valence-electron chi connectivity index (χ0n) is 13.0. The van der Waals surface area contributed by atoms with Gasteiger partial charge in [0.05, 0.1) is 0 Å². The van der Waals surface area contributed by atoms with E-state index in [0.717, 1.165) is 16.7 Å². The molecule has 1 amide bonds. The minimum Gasteiger partial charge on any atom is -0.481 e. The Balaban J connectivity index is 1.91. The zero-order chi connectivity index (χ0) is 16.1. The summed E-state index contributed by atoms with van der Waals surface area (Å²) in [5.74, 6) is 0.219. The zero-order valence-corrected chi connectivity index (χ0v) is 13.0. The highest BCUT2D eigenvalue weighted by Gasteiger charge is 2.15. The lowest BCUT2D eigenvalue weighted by atomic mass is 10.1. The van der Waals surface area contributed by atoms with E-state index in [1.165, 1.54) is 12.1 Å². The predicted molar refractivity (Wildman–Crippen MR) is 84.3 cm³/mol. The molecule has 2 rings (SSSR count). The van der Waals surface area contributed by atoms with E-state index in [-0.39, 0.29) is 11.7 Å². The van der Waals surface area contributed by atoms with Crippen molar-refractivity contribution in [3.05, 3.63) is 65.0 Å². The lowest BCUT2D eigenvalue weighted by molar-refractivity contribution is -0.127. The van der Waals surface area contributed by atoms with E-state index >= 15 is 0 Å². The van der Waals surface area contributed by atoms with Crippen LogP contribution < -0.4 is 10.1 Å². The second kappa shape index (κ2) is 7.07. The number of hydrogen-bond donors (Lipinski definition) is 1. The van der Waals surface area contributed by atoms with Crippen molar-refractivity contribution in [2.45, 2.75) is 33.4 Å². The molecule has 2 aromatic rings. The van der Waals surface area contributed by atoms with E-state index in [0.29, 0.717) is 12.3 Å². The van der Waals surface area contributed by atoms with Gasteiger partial charge in [0.25, 0.3) is 5.91 Å². The van der Waals surface area contributed by atoms with Crippen LogP contribution in [0.1, 0.15) is 23.6 Å². The summed E-state index contributed by atoms with van der Waals surface area (Å²) in [5, 5.41) is 2.79. The summed E-state index contributed by atoms with van der Waals surface area (Å²) < 4.78 is 18.5. The molecule has 0 saturated carbocycles. The van der Waals surface area contributed by atoms with Crippen LogP contribution in [0, 0.1) is 19.7 Å². The van der Waals surface area contributed by atoms with Crippen molar-refractivity contribution in [3.8, 4) is 5.75 Å². The quantitative estimate of drug-likeness (QED) is 0.917. The molecule has 1 atom stereocenters. The Bertz CT molecular complexity index is 653. The Morgan fingerprint density at radius 1 is 1.18 bits per heavy atom. The van der Waals surface area contributed by atoms with Crippen LogP contribution in [0.15, 0.2) is 42.5 Å². The standard InChI is InChI=1S/C18H20FNO2/c1-12-4-5-13(2)17(10-12)22-14(3)18(21)20-11-15-6-8-16(19)9-7-15/h4-10,14H,11H2,1-3H3,(H,20,21)/t14-/m0/s1. The molecule has 22 heavy (non-hydrogen) atoms. The first-order valence-electron chi connectivity index (χ1n) is 7.22. The van der Waals surface area contributed by atoms with Gasteiger partial charge in [0.2, 0.25) is 0 Å². The van der Waals surface area contributed by atoms with Crippen LogP contribution in [-0.4, -0.2) is 12.0 Å². The average Bonchev–Trinajstić information content (AvgIpc) is 2.50. The number of carbonyl (C=O) groups excluding carboxylic acids is 1. The summed E-state index contributed by atoms with van der Waals surface area (Å²) in [6.45, 7) is 5.98. The van der Waals surface area contributed by atoms with Gasteiger partial charge in [-0.05, 0) is 55.7 Å². The van der Waals surface area contributed by atoms with E-state index in [9.17, 15) is 9.18 Å². The van der Waals surface area contributed by atoms with Gasteiger partial charge in [-0.2, -0.15) is 0 Å². The monoisotopic (exact) mass is 301 g/mol. The third-order valence-electron chi connectivity index (χ3n) is 3.40. The molecule has 3 nitrogen and oxygen atoms in total. The van der Waals surface area contributed by atoms with E-state index in [2.05, 4.69) is 5.32 Å². The van der Waals surface area contributed by atoms with E-state index in [4.69, 9.17) is 4.74 Å². The Labute approximate surface area is 130 Å². The molecule has 1 N–H and O–H groups in total. The number of carbonyl (C=O) groups is 1. The number of amides is 1. The van der Waals surface area contributed by atoms with Crippen molar-refractivity contribution in [1.82, 2.24) is 5.32 Å². The maximum atomic E-state index is 12.8. The number of halogens is 1. The summed E-state index contributed by atoms with van der Waals surface area (Å²) in [6.07, 6.45) is -0.596. The number of hydrogen-bond acceptors (Lipinski definition) is 2. The highest BCUT2D eigenvalue weighted by Crippen LogP contribution is 2.20. The maximum Gasteiger partial charge on any atom is 0.261 e. The van der Waals surface area contributed by atoms with Crippen LogP contribution in [0.3, 0.4) is 0 Å². The molecule has 0 radical (unpaired) electrons. The van der Waals surface area contributed by atoms with Gasteiger partial charge in [-0.3, -0.25) is 4.79 Å². The fourth-order valence-electron chi connectivity index (χ4n) is 2.01. The minimum atomic E-state index is -0.596. The number of aryl methyl sites for hydroxylation is 2. The van der Waals surface area contributed by atoms with Crippen molar-refractivity contribution >= 4 is 5.91 Å². The molecule has 0 fully saturated rings. The molecule has 2 aromatic carbocycles. The van der Waals surface area contributed by atoms with Gasteiger partial charge < -0.3 is 10.1 Å². The van der Waals surface area contributed by atoms with Gasteiger partial charge in [0, 0.05) is 6.54 Å². The van der Waals surface area contributed by atoms with Crippen molar-refractivity contribution in [3.63, 3.8) is 0 Å². The van der Waals surface area contributed by atoms with Crippen LogP contribution in [-0.2, 0) is 11.3 Å². The molecule has 0 unspecified atom stereocenters. The fraction of sp³-hybridized carbons (Fsp3) is 0.278. The van der Waals surface area contributed by atoms with Gasteiger partial charge in [-0.15, -0.1) is 0 Å². The average molecular weight is 301 g/mol. The topological polar surface area (TPSA) is 38.3 Å². The molecular formula is C18H20FNO2. The van der Waals surface area contributed by atoms with Crippen LogP contribution in [0.4, 0.5) is 4.39 Å². The first-order chi connectivity index (χ1) is 10.5. The Morgan fingerprint density at radius 2 is 1.86 bits per heavy atom.